The predicted molar refractivity (Wildman–Crippen MR) is 111 cm³/mol. The van der Waals surface area contributed by atoms with Gasteiger partial charge in [-0.2, -0.15) is 0 Å². The molecule has 0 bridgehead atoms. The first-order valence-corrected chi connectivity index (χ1v) is 9.20. The Morgan fingerprint density at radius 3 is 2.45 bits per heavy atom. The number of amides is 3. The van der Waals surface area contributed by atoms with Crippen molar-refractivity contribution in [2.45, 2.75) is 12.3 Å². The molecule has 8 heteroatoms. The molecule has 8 nitrogen and oxygen atoms in total. The number of nitrogens with zero attached hydrogens (tertiary/aromatic N) is 1. The molecule has 3 rings (SSSR count). The van der Waals surface area contributed by atoms with Gasteiger partial charge in [0.25, 0.3) is 0 Å². The van der Waals surface area contributed by atoms with Crippen molar-refractivity contribution in [3.8, 4) is 5.75 Å². The second kappa shape index (κ2) is 8.74. The molecular formula is C21H24N4O4. The largest absolute Gasteiger partial charge is 0.495 e. The summed E-state index contributed by atoms with van der Waals surface area (Å²) in [6, 6.07) is 12.3. The normalized spacial score (nSPS) is 15.3. The molecule has 152 valence electrons. The summed E-state index contributed by atoms with van der Waals surface area (Å²) < 4.78 is 5.30. The molecule has 1 unspecified atom stereocenters. The van der Waals surface area contributed by atoms with Crippen LogP contribution in [-0.4, -0.2) is 50.4 Å². The van der Waals surface area contributed by atoms with Gasteiger partial charge in [-0.1, -0.05) is 24.3 Å². The van der Waals surface area contributed by atoms with Gasteiger partial charge in [-0.15, -0.1) is 0 Å². The predicted octanol–water partition coefficient (Wildman–Crippen LogP) is 2.26. The number of rotatable bonds is 6. The minimum absolute atomic E-state index is 0.0289. The zero-order valence-electron chi connectivity index (χ0n) is 16.6. The molecule has 2 aromatic carbocycles. The van der Waals surface area contributed by atoms with E-state index < -0.39 is 5.92 Å². The summed E-state index contributed by atoms with van der Waals surface area (Å²) in [6.07, 6.45) is 0.0289. The molecule has 2 aromatic rings. The number of fused-ring (bicyclic) bond motifs is 1. The van der Waals surface area contributed by atoms with Crippen LogP contribution in [-0.2, 0) is 14.4 Å². The van der Waals surface area contributed by atoms with Crippen LogP contribution in [0.5, 0.6) is 5.75 Å². The van der Waals surface area contributed by atoms with Crippen LogP contribution in [0.1, 0.15) is 17.9 Å². The summed E-state index contributed by atoms with van der Waals surface area (Å²) in [5.41, 5.74) is 2.17. The van der Waals surface area contributed by atoms with Gasteiger partial charge in [-0.05, 0) is 37.9 Å². The zero-order valence-corrected chi connectivity index (χ0v) is 16.6. The highest BCUT2D eigenvalue weighted by Gasteiger charge is 2.32. The monoisotopic (exact) mass is 396 g/mol. The number of methoxy groups -OCH3 is 1. The first-order chi connectivity index (χ1) is 13.9. The lowest BCUT2D eigenvalue weighted by Crippen LogP contribution is -2.31. The second-order valence-electron chi connectivity index (χ2n) is 7.05. The average Bonchev–Trinajstić information content (AvgIpc) is 2.67. The molecule has 1 heterocycles. The van der Waals surface area contributed by atoms with Crippen LogP contribution >= 0.6 is 0 Å². The van der Waals surface area contributed by atoms with Crippen molar-refractivity contribution in [1.29, 1.82) is 0 Å². The fourth-order valence-electron chi connectivity index (χ4n) is 3.26. The quantitative estimate of drug-likeness (QED) is 0.696. The molecule has 1 aliphatic rings. The molecule has 1 aliphatic heterocycles. The van der Waals surface area contributed by atoms with Crippen molar-refractivity contribution < 1.29 is 19.1 Å². The third kappa shape index (κ3) is 4.72. The van der Waals surface area contributed by atoms with E-state index in [2.05, 4.69) is 16.0 Å². The van der Waals surface area contributed by atoms with Crippen LogP contribution < -0.4 is 20.7 Å². The van der Waals surface area contributed by atoms with E-state index >= 15 is 0 Å². The minimum atomic E-state index is -0.667. The first kappa shape index (κ1) is 20.3. The molecule has 1 atom stereocenters. The van der Waals surface area contributed by atoms with Crippen LogP contribution in [0.25, 0.3) is 0 Å². The van der Waals surface area contributed by atoms with Crippen LogP contribution in [0, 0.1) is 0 Å². The van der Waals surface area contributed by atoms with Gasteiger partial charge in [-0.25, -0.2) is 0 Å². The number of carbonyl (C=O) groups excluding carboxylic acids is 3. The minimum Gasteiger partial charge on any atom is -0.495 e. The van der Waals surface area contributed by atoms with Gasteiger partial charge in [0.1, 0.15) is 5.75 Å². The van der Waals surface area contributed by atoms with Crippen molar-refractivity contribution >= 4 is 34.8 Å². The molecule has 0 saturated carbocycles. The summed E-state index contributed by atoms with van der Waals surface area (Å²) >= 11 is 0. The van der Waals surface area contributed by atoms with E-state index in [0.717, 1.165) is 0 Å². The summed E-state index contributed by atoms with van der Waals surface area (Å²) in [6.45, 7) is 0.220. The number of hydrogen-bond acceptors (Lipinski definition) is 5. The number of para-hydroxylation sites is 3. The lowest BCUT2D eigenvalue weighted by molar-refractivity contribution is -0.123. The van der Waals surface area contributed by atoms with Crippen LogP contribution in [0.4, 0.5) is 17.1 Å². The SMILES string of the molecule is COc1cccc2c1NC(=O)CC2C(=O)Nc1ccccc1NC(=O)CN(C)C. The third-order valence-electron chi connectivity index (χ3n) is 4.54. The van der Waals surface area contributed by atoms with Crippen molar-refractivity contribution in [2.24, 2.45) is 0 Å². The second-order valence-corrected chi connectivity index (χ2v) is 7.05. The molecule has 0 aliphatic carbocycles. The van der Waals surface area contributed by atoms with E-state index in [1.165, 1.54) is 7.11 Å². The number of benzene rings is 2. The van der Waals surface area contributed by atoms with Crippen molar-refractivity contribution in [3.05, 3.63) is 48.0 Å². The van der Waals surface area contributed by atoms with E-state index in [9.17, 15) is 14.4 Å². The van der Waals surface area contributed by atoms with E-state index in [4.69, 9.17) is 4.74 Å². The fourth-order valence-corrected chi connectivity index (χ4v) is 3.26. The van der Waals surface area contributed by atoms with Gasteiger partial charge >= 0.3 is 0 Å². The van der Waals surface area contributed by atoms with Crippen molar-refractivity contribution in [1.82, 2.24) is 4.90 Å². The summed E-state index contributed by atoms with van der Waals surface area (Å²) in [5, 5.41) is 8.43. The molecule has 3 N–H and O–H groups in total. The molecular weight excluding hydrogens is 372 g/mol. The molecule has 0 fully saturated rings. The lowest BCUT2D eigenvalue weighted by atomic mass is 9.89. The summed E-state index contributed by atoms with van der Waals surface area (Å²) in [4.78, 5) is 39.1. The Labute approximate surface area is 169 Å². The van der Waals surface area contributed by atoms with E-state index in [0.29, 0.717) is 28.4 Å². The highest BCUT2D eigenvalue weighted by Crippen LogP contribution is 2.39. The number of likely N-dealkylation sites (N-methyl/N-ethyl adjacent to an activating group) is 1. The van der Waals surface area contributed by atoms with Crippen LogP contribution in [0.2, 0.25) is 0 Å². The standard InChI is InChI=1S/C21H24N4O4/c1-25(2)12-19(27)22-15-8-4-5-9-16(15)23-21(28)14-11-18(26)24-20-13(14)7-6-10-17(20)29-3/h4-10,14H,11-12H2,1-3H3,(H,22,27)(H,23,28)(H,24,26). The molecule has 0 radical (unpaired) electrons. The van der Waals surface area contributed by atoms with Gasteiger partial charge in [-0.3, -0.25) is 14.4 Å². The zero-order chi connectivity index (χ0) is 21.0. The van der Waals surface area contributed by atoms with E-state index in [1.54, 1.807) is 61.5 Å². The van der Waals surface area contributed by atoms with Gasteiger partial charge in [0.05, 0.1) is 36.6 Å². The maximum atomic E-state index is 13.0. The molecule has 29 heavy (non-hydrogen) atoms. The number of hydrogen-bond donors (Lipinski definition) is 3. The molecule has 3 amide bonds. The van der Waals surface area contributed by atoms with Crippen LogP contribution in [0.3, 0.4) is 0 Å². The topological polar surface area (TPSA) is 99.8 Å². The number of ether oxygens (including phenoxy) is 1. The Balaban J connectivity index is 1.83. The van der Waals surface area contributed by atoms with Crippen molar-refractivity contribution in [3.63, 3.8) is 0 Å². The molecule has 0 saturated heterocycles. The Morgan fingerprint density at radius 1 is 1.10 bits per heavy atom. The summed E-state index contributed by atoms with van der Waals surface area (Å²) in [7, 11) is 5.11. The van der Waals surface area contributed by atoms with Gasteiger partial charge < -0.3 is 25.6 Å². The smallest absolute Gasteiger partial charge is 0.238 e. The van der Waals surface area contributed by atoms with Gasteiger partial charge in [0.2, 0.25) is 17.7 Å². The maximum Gasteiger partial charge on any atom is 0.238 e. The number of nitrogens with one attached hydrogen (secondary N) is 3. The first-order valence-electron chi connectivity index (χ1n) is 9.20. The maximum absolute atomic E-state index is 13.0. The Kier molecular flexibility index (Phi) is 6.13. The van der Waals surface area contributed by atoms with E-state index in [-0.39, 0.29) is 30.7 Å². The fraction of sp³-hybridized carbons (Fsp3) is 0.286. The highest BCUT2D eigenvalue weighted by molar-refractivity contribution is 6.07. The Morgan fingerprint density at radius 2 is 1.79 bits per heavy atom. The lowest BCUT2D eigenvalue weighted by Gasteiger charge is -2.26. The molecule has 0 spiro atoms. The Bertz CT molecular complexity index is 942. The highest BCUT2D eigenvalue weighted by atomic mass is 16.5. The number of carbonyl (C=O) groups is 3. The van der Waals surface area contributed by atoms with Crippen LogP contribution in [0.15, 0.2) is 42.5 Å². The number of anilines is 3. The summed E-state index contributed by atoms with van der Waals surface area (Å²) in [5.74, 6) is -0.939. The van der Waals surface area contributed by atoms with Gasteiger partial charge in [0, 0.05) is 6.42 Å². The van der Waals surface area contributed by atoms with Gasteiger partial charge in [0.15, 0.2) is 0 Å². The molecule has 0 aromatic heterocycles. The third-order valence-corrected chi connectivity index (χ3v) is 4.54. The van der Waals surface area contributed by atoms with Crippen molar-refractivity contribution in [2.75, 3.05) is 43.7 Å². The van der Waals surface area contributed by atoms with E-state index in [1.807, 2.05) is 0 Å². The average molecular weight is 396 g/mol. The Hall–Kier alpha value is -3.39.